The summed E-state index contributed by atoms with van der Waals surface area (Å²) < 4.78 is 16.7. The van der Waals surface area contributed by atoms with Gasteiger partial charge >= 0.3 is 17.1 Å². The molecule has 0 spiro atoms. The van der Waals surface area contributed by atoms with Crippen molar-refractivity contribution in [2.75, 3.05) is 0 Å². The molecule has 0 radical (unpaired) electrons. The van der Waals surface area contributed by atoms with E-state index in [0.29, 0.717) is 0 Å². The van der Waals surface area contributed by atoms with Crippen molar-refractivity contribution in [3.63, 3.8) is 0 Å². The summed E-state index contributed by atoms with van der Waals surface area (Å²) in [5, 5.41) is 0. The molecule has 7 heteroatoms. The van der Waals surface area contributed by atoms with Gasteiger partial charge in [-0.3, -0.25) is 9.13 Å². The Morgan fingerprint density at radius 3 is 1.00 bits per heavy atom. The maximum atomic E-state index is 8.35. The van der Waals surface area contributed by atoms with Gasteiger partial charge in [0.05, 0.1) is 17.4 Å². The summed E-state index contributed by atoms with van der Waals surface area (Å²) in [6.07, 6.45) is 0. The molecule has 0 aromatic rings. The van der Waals surface area contributed by atoms with Gasteiger partial charge in [-0.05, 0) is 0 Å². The summed E-state index contributed by atoms with van der Waals surface area (Å²) in [6, 6.07) is 0. The van der Waals surface area contributed by atoms with E-state index in [-0.39, 0.29) is 17.1 Å². The van der Waals surface area contributed by atoms with E-state index >= 15 is 0 Å². The summed E-state index contributed by atoms with van der Waals surface area (Å²) in [5.74, 6) is 0. The molecule has 0 aromatic carbocycles. The van der Waals surface area contributed by atoms with Crippen molar-refractivity contribution in [1.82, 2.24) is 0 Å². The molecule has 0 unspecified atom stereocenters. The van der Waals surface area contributed by atoms with Crippen LogP contribution in [0.5, 0.6) is 0 Å². The predicted molar refractivity (Wildman–Crippen MR) is 15.2 cm³/mol. The first-order valence-electron chi connectivity index (χ1n) is 0.730. The van der Waals surface area contributed by atoms with Crippen LogP contribution in [-0.4, -0.2) is 0 Å². The van der Waals surface area contributed by atoms with Crippen LogP contribution in [0.25, 0.3) is 0 Å². The quantitative estimate of drug-likeness (QED) is 0.359. The molecule has 0 heterocycles. The molecule has 0 saturated heterocycles. The van der Waals surface area contributed by atoms with E-state index < -0.39 is 17.4 Å². The van der Waals surface area contributed by atoms with E-state index in [9.17, 15) is 0 Å². The van der Waals surface area contributed by atoms with Gasteiger partial charge in [-0.2, -0.15) is 0 Å². The summed E-state index contributed by atoms with van der Waals surface area (Å²) >= 11 is 0. The first-order valence-corrected chi connectivity index (χ1v) is 2.19. The second-order valence-electron chi connectivity index (χ2n) is 0.149. The van der Waals surface area contributed by atoms with Gasteiger partial charge in [-0.15, -0.1) is 0 Å². The zero-order valence-electron chi connectivity index (χ0n) is 2.88. The van der Waals surface area contributed by atoms with Crippen LogP contribution in [0.2, 0.25) is 0 Å². The van der Waals surface area contributed by atoms with Crippen molar-refractivity contribution in [3.8, 4) is 0 Å². The molecule has 0 amide bonds. The Balaban J connectivity index is -0.0000000400. The van der Waals surface area contributed by atoms with Gasteiger partial charge in [-0.1, -0.05) is 0 Å². The third kappa shape index (κ3) is 349. The fraction of sp³-hybridized carbons (Fsp3) is 0. The molecule has 0 saturated carbocycles. The van der Waals surface area contributed by atoms with Gasteiger partial charge in [0, 0.05) is 0 Å². The summed E-state index contributed by atoms with van der Waals surface area (Å²) in [6.45, 7) is 0. The number of rotatable bonds is 0. The Hall–Kier alpha value is 0.639. The van der Waals surface area contributed by atoms with Crippen molar-refractivity contribution >= 4 is 17.4 Å². The molecule has 7 heavy (non-hydrogen) atoms. The van der Waals surface area contributed by atoms with Crippen LogP contribution in [0.15, 0.2) is 0 Å². The second-order valence-corrected chi connectivity index (χ2v) is 0.447. The van der Waals surface area contributed by atoms with Gasteiger partial charge in [0.1, 0.15) is 0 Å². The van der Waals surface area contributed by atoms with Gasteiger partial charge in [0.25, 0.3) is 0 Å². The Kier molecular flexibility index (Phi) is 67.7. The predicted octanol–water partition coefficient (Wildman–Crippen LogP) is -0.896. The Morgan fingerprint density at radius 2 is 1.00 bits per heavy atom. The van der Waals surface area contributed by atoms with Gasteiger partial charge < -0.3 is 9.79 Å². The normalized spacial score (nSPS) is 6.00. The fourth-order valence-electron chi connectivity index (χ4n) is 0. The van der Waals surface area contributed by atoms with E-state index in [2.05, 4.69) is 0 Å². The van der Waals surface area contributed by atoms with E-state index in [4.69, 9.17) is 18.9 Å². The van der Waals surface area contributed by atoms with Gasteiger partial charge in [0.2, 0.25) is 0 Å². The minimum Gasteiger partial charge on any atom is -0.772 e. The molecule has 0 fully saturated rings. The topological polar surface area (TPSA) is 80.3 Å². The van der Waals surface area contributed by atoms with E-state index in [1.807, 2.05) is 0 Å². The third-order valence-corrected chi connectivity index (χ3v) is 0. The van der Waals surface area contributed by atoms with Crippen molar-refractivity contribution in [1.29, 1.82) is 0 Å². The fourth-order valence-corrected chi connectivity index (χ4v) is 0. The summed E-state index contributed by atoms with van der Waals surface area (Å²) in [4.78, 5) is 16.7. The van der Waals surface area contributed by atoms with Gasteiger partial charge in [-0.25, -0.2) is 0 Å². The maximum absolute atomic E-state index is 8.35. The van der Waals surface area contributed by atoms with Crippen molar-refractivity contribution < 1.29 is 36.0 Å². The van der Waals surface area contributed by atoms with Crippen molar-refractivity contribution in [2.45, 2.75) is 0 Å². The zero-order chi connectivity index (χ0) is 5.41. The number of hydrogen-bond acceptors (Lipinski definition) is 4. The zero-order valence-corrected chi connectivity index (χ0v) is 5.77. The van der Waals surface area contributed by atoms with Crippen LogP contribution in [-0.2, 0) is 26.2 Å². The molecule has 0 aliphatic rings. The molecule has 0 N–H and O–H groups in total. The number of hydrogen-bond donors (Lipinski definition) is 0. The average molecular weight is 182 g/mol. The van der Waals surface area contributed by atoms with E-state index in [0.717, 1.165) is 0 Å². The first-order chi connectivity index (χ1) is 2.83. The average Bonchev–Trinajstić information content (AvgIpc) is 1.39. The smallest absolute Gasteiger partial charge is 0.772 e. The van der Waals surface area contributed by atoms with Gasteiger partial charge in [0.15, 0.2) is 0 Å². The standard InChI is InChI=1S/Fe.2HO2P/c;2*1-3-2/h;2*(H,1,2)/q+2;;/p-2. The molecule has 4 nitrogen and oxygen atoms in total. The van der Waals surface area contributed by atoms with Crippen molar-refractivity contribution in [2.24, 2.45) is 0 Å². The molecule has 42 valence electrons. The largest absolute Gasteiger partial charge is 2.00 e. The molecule has 0 bridgehead atoms. The van der Waals surface area contributed by atoms with Crippen LogP contribution >= 0.6 is 17.4 Å². The monoisotopic (exact) mass is 182 g/mol. The molecular weight excluding hydrogens is 182 g/mol. The molecule has 0 rings (SSSR count). The summed E-state index contributed by atoms with van der Waals surface area (Å²) in [5.41, 5.74) is 0. The van der Waals surface area contributed by atoms with E-state index in [1.54, 1.807) is 0 Å². The molecule has 0 aromatic heterocycles. The molecule has 0 aliphatic heterocycles. The Bertz CT molecular complexity index is 30.7. The molecular formula is FeO4P2. The minimum atomic E-state index is -1.08. The minimum absolute atomic E-state index is 0. The molecule has 0 atom stereocenters. The van der Waals surface area contributed by atoms with Crippen LogP contribution in [0.1, 0.15) is 0 Å². The van der Waals surface area contributed by atoms with Crippen LogP contribution in [0.3, 0.4) is 0 Å². The SMILES string of the molecule is O=P[O-].O=P[O-].[Fe+2]. The van der Waals surface area contributed by atoms with E-state index in [1.165, 1.54) is 0 Å². The second kappa shape index (κ2) is 30.3. The first kappa shape index (κ1) is 15.6. The van der Waals surface area contributed by atoms with Crippen molar-refractivity contribution in [3.05, 3.63) is 0 Å². The molecule has 0 aliphatic carbocycles. The van der Waals surface area contributed by atoms with Crippen LogP contribution in [0.4, 0.5) is 0 Å². The maximum Gasteiger partial charge on any atom is 2.00 e. The third-order valence-electron chi connectivity index (χ3n) is 0. The van der Waals surface area contributed by atoms with Crippen LogP contribution < -0.4 is 9.79 Å². The van der Waals surface area contributed by atoms with Crippen LogP contribution in [0, 0.1) is 0 Å². The Morgan fingerprint density at radius 1 is 1.00 bits per heavy atom. The Labute approximate surface area is 54.0 Å². The summed E-state index contributed by atoms with van der Waals surface area (Å²) in [7, 11) is -2.17.